The highest BCUT2D eigenvalue weighted by Crippen LogP contribution is 2.04. The molecule has 0 radical (unpaired) electrons. The summed E-state index contributed by atoms with van der Waals surface area (Å²) in [6, 6.07) is 0. The van der Waals surface area contributed by atoms with Crippen LogP contribution >= 0.6 is 0 Å². The molecule has 0 bridgehead atoms. The Morgan fingerprint density at radius 3 is 2.50 bits per heavy atom. The second kappa shape index (κ2) is 10.2. The average Bonchev–Trinajstić information content (AvgIpc) is 2.21. The van der Waals surface area contributed by atoms with Crippen molar-refractivity contribution in [2.45, 2.75) is 51.9 Å². The molecule has 82 valence electrons. The number of carbonyl (C=O) groups is 1. The maximum atomic E-state index is 10.7. The molecule has 0 heterocycles. The molecule has 0 aliphatic carbocycles. The van der Waals surface area contributed by atoms with E-state index in [0.29, 0.717) is 13.0 Å². The van der Waals surface area contributed by atoms with Gasteiger partial charge < -0.3 is 10.1 Å². The van der Waals surface area contributed by atoms with Gasteiger partial charge in [-0.15, -0.1) is 0 Å². The Balaban J connectivity index is 2.98. The number of unbranched alkanes of at least 4 members (excludes halogenated alkanes) is 5. The maximum Gasteiger partial charge on any atom is 0.305 e. The van der Waals surface area contributed by atoms with E-state index in [0.717, 1.165) is 25.7 Å². The third-order valence-corrected chi connectivity index (χ3v) is 2.04. The molecule has 0 spiro atoms. The first-order valence-corrected chi connectivity index (χ1v) is 5.45. The van der Waals surface area contributed by atoms with Crippen molar-refractivity contribution in [3.63, 3.8) is 0 Å². The monoisotopic (exact) mass is 199 g/mol. The predicted molar refractivity (Wildman–Crippen MR) is 57.7 cm³/mol. The van der Waals surface area contributed by atoms with Crippen molar-refractivity contribution in [3.8, 4) is 0 Å². The van der Waals surface area contributed by atoms with Crippen LogP contribution in [0.4, 0.5) is 0 Å². The van der Waals surface area contributed by atoms with E-state index in [-0.39, 0.29) is 5.97 Å². The van der Waals surface area contributed by atoms with Crippen molar-refractivity contribution in [2.24, 2.45) is 0 Å². The van der Waals surface area contributed by atoms with Crippen LogP contribution in [0.15, 0.2) is 0 Å². The lowest BCUT2D eigenvalue weighted by molar-refractivity contribution is -0.143. The number of esters is 1. The highest BCUT2D eigenvalue weighted by molar-refractivity contribution is 5.68. The van der Waals surface area contributed by atoms with Crippen molar-refractivity contribution in [2.75, 3.05) is 6.61 Å². The van der Waals surface area contributed by atoms with Crippen molar-refractivity contribution in [1.82, 2.24) is 0 Å². The number of rotatable bonds is 9. The molecule has 0 saturated heterocycles. The molecule has 0 aliphatic rings. The molecule has 0 fully saturated rings. The highest BCUT2D eigenvalue weighted by Gasteiger charge is 1.96. The largest absolute Gasteiger partial charge is 0.466 e. The normalized spacial score (nSPS) is 9.79. The molecule has 0 rings (SSSR count). The second-order valence-corrected chi connectivity index (χ2v) is 3.33. The van der Waals surface area contributed by atoms with Crippen LogP contribution in [0.5, 0.6) is 0 Å². The van der Waals surface area contributed by atoms with E-state index < -0.39 is 0 Å². The van der Waals surface area contributed by atoms with E-state index in [9.17, 15) is 4.79 Å². The second-order valence-electron chi connectivity index (χ2n) is 3.33. The van der Waals surface area contributed by atoms with Gasteiger partial charge in [0.25, 0.3) is 0 Å². The fraction of sp³-hybridized carbons (Fsp3) is 0.818. The van der Waals surface area contributed by atoms with E-state index >= 15 is 0 Å². The lowest BCUT2D eigenvalue weighted by Gasteiger charge is -2.02. The zero-order valence-electron chi connectivity index (χ0n) is 9.05. The summed E-state index contributed by atoms with van der Waals surface area (Å²) in [7, 11) is 0. The molecule has 0 aromatic heterocycles. The van der Waals surface area contributed by atoms with E-state index in [4.69, 9.17) is 10.1 Å². The van der Waals surface area contributed by atoms with E-state index in [1.54, 1.807) is 6.92 Å². The first-order valence-electron chi connectivity index (χ1n) is 5.45. The zero-order valence-corrected chi connectivity index (χ0v) is 9.05. The Morgan fingerprint density at radius 1 is 1.21 bits per heavy atom. The minimum Gasteiger partial charge on any atom is -0.466 e. The molecule has 0 saturated carbocycles. The van der Waals surface area contributed by atoms with Gasteiger partial charge in [-0.1, -0.05) is 26.2 Å². The smallest absolute Gasteiger partial charge is 0.305 e. The number of hydrogen-bond donors (Lipinski definition) is 1. The number of carbonyl (C=O) groups excluding carboxylic acids is 1. The fourth-order valence-electron chi connectivity index (χ4n) is 1.17. The van der Waals surface area contributed by atoms with E-state index in [2.05, 4.69) is 0 Å². The van der Waals surface area contributed by atoms with Gasteiger partial charge in [0.2, 0.25) is 0 Å². The van der Waals surface area contributed by atoms with Gasteiger partial charge in [0.05, 0.1) is 6.61 Å². The van der Waals surface area contributed by atoms with Gasteiger partial charge in [-0.2, -0.15) is 0 Å². The van der Waals surface area contributed by atoms with Crippen molar-refractivity contribution < 1.29 is 9.53 Å². The summed E-state index contributed by atoms with van der Waals surface area (Å²) in [6.07, 6.45) is 8.38. The molecule has 0 unspecified atom stereocenters. The molecule has 14 heavy (non-hydrogen) atoms. The Bertz CT molecular complexity index is 157. The first kappa shape index (κ1) is 13.1. The molecule has 3 heteroatoms. The summed E-state index contributed by atoms with van der Waals surface area (Å²) in [4.78, 5) is 10.7. The van der Waals surface area contributed by atoms with Gasteiger partial charge in [-0.3, -0.25) is 4.79 Å². The Labute approximate surface area is 86.3 Å². The van der Waals surface area contributed by atoms with Crippen molar-refractivity contribution >= 4 is 12.2 Å². The molecule has 0 atom stereocenters. The van der Waals surface area contributed by atoms with Crippen LogP contribution in [0, 0.1) is 5.41 Å². The first-order chi connectivity index (χ1) is 6.81. The third kappa shape index (κ3) is 9.23. The minimum absolute atomic E-state index is 0.103. The summed E-state index contributed by atoms with van der Waals surface area (Å²) >= 11 is 0. The molecule has 3 nitrogen and oxygen atoms in total. The number of nitrogens with one attached hydrogen (secondary N) is 1. The fourth-order valence-corrected chi connectivity index (χ4v) is 1.17. The van der Waals surface area contributed by atoms with Gasteiger partial charge >= 0.3 is 5.97 Å². The SMILES string of the molecule is CCC(=O)OCCCCCCCC=N. The van der Waals surface area contributed by atoms with Crippen LogP contribution in [0.1, 0.15) is 51.9 Å². The summed E-state index contributed by atoms with van der Waals surface area (Å²) in [6.45, 7) is 2.37. The van der Waals surface area contributed by atoms with Gasteiger partial charge in [0.15, 0.2) is 0 Å². The average molecular weight is 199 g/mol. The lowest BCUT2D eigenvalue weighted by Crippen LogP contribution is -2.03. The van der Waals surface area contributed by atoms with E-state index in [1.165, 1.54) is 19.1 Å². The maximum absolute atomic E-state index is 10.7. The standard InChI is InChI=1S/C11H21NO2/c1-2-11(13)14-10-8-6-4-3-5-7-9-12/h9,12H,2-8,10H2,1H3. The van der Waals surface area contributed by atoms with Crippen molar-refractivity contribution in [3.05, 3.63) is 0 Å². The molecular weight excluding hydrogens is 178 g/mol. The Kier molecular flexibility index (Phi) is 9.59. The van der Waals surface area contributed by atoms with Gasteiger partial charge in [-0.05, 0) is 25.5 Å². The van der Waals surface area contributed by atoms with Crippen LogP contribution in [0.25, 0.3) is 0 Å². The lowest BCUT2D eigenvalue weighted by atomic mass is 10.1. The number of ether oxygens (including phenoxy) is 1. The van der Waals surface area contributed by atoms with Crippen LogP contribution in [-0.4, -0.2) is 18.8 Å². The molecule has 1 N–H and O–H groups in total. The predicted octanol–water partition coefficient (Wildman–Crippen LogP) is 2.93. The summed E-state index contributed by atoms with van der Waals surface area (Å²) in [5, 5.41) is 6.83. The van der Waals surface area contributed by atoms with Crippen LogP contribution in [0.2, 0.25) is 0 Å². The highest BCUT2D eigenvalue weighted by atomic mass is 16.5. The molecule has 0 aromatic rings. The summed E-state index contributed by atoms with van der Waals surface area (Å²) in [5.41, 5.74) is 0. The minimum atomic E-state index is -0.103. The molecule has 0 aromatic carbocycles. The van der Waals surface area contributed by atoms with Crippen LogP contribution in [-0.2, 0) is 9.53 Å². The van der Waals surface area contributed by atoms with Crippen molar-refractivity contribution in [1.29, 1.82) is 5.41 Å². The molecule has 0 amide bonds. The summed E-state index contributed by atoms with van der Waals surface area (Å²) < 4.78 is 4.94. The number of hydrogen-bond acceptors (Lipinski definition) is 3. The summed E-state index contributed by atoms with van der Waals surface area (Å²) in [5.74, 6) is -0.103. The zero-order chi connectivity index (χ0) is 10.6. The Morgan fingerprint density at radius 2 is 1.86 bits per heavy atom. The molecule has 0 aliphatic heterocycles. The quantitative estimate of drug-likeness (QED) is 0.352. The van der Waals surface area contributed by atoms with Gasteiger partial charge in [-0.25, -0.2) is 0 Å². The van der Waals surface area contributed by atoms with Gasteiger partial charge in [0, 0.05) is 6.42 Å². The Hall–Kier alpha value is -0.860. The third-order valence-electron chi connectivity index (χ3n) is 2.04. The van der Waals surface area contributed by atoms with Gasteiger partial charge in [0.1, 0.15) is 0 Å². The van der Waals surface area contributed by atoms with Crippen LogP contribution < -0.4 is 0 Å². The topological polar surface area (TPSA) is 50.2 Å². The molecular formula is C11H21NO2. The van der Waals surface area contributed by atoms with Crippen LogP contribution in [0.3, 0.4) is 0 Å². The van der Waals surface area contributed by atoms with E-state index in [1.807, 2.05) is 0 Å².